The standard InChI is InChI=1S/C25H34O7/c1-4-29-10-9-25(28)18-6-5-17-14-24(30-11-12-31-24)8-7-22(17,3)20(18)19-15-23(25,13-16(2)26)21(27)32-19/h5,9-10,18-20,28H,4,6-8,11-15H2,1-3H3/b10-9+/t18-,19+,20+,22+,23-,25+/m1/s1. The molecule has 6 atom stereocenters. The van der Waals surface area contributed by atoms with Gasteiger partial charge in [-0.25, -0.2) is 0 Å². The molecule has 4 fully saturated rings. The zero-order valence-electron chi connectivity index (χ0n) is 19.2. The summed E-state index contributed by atoms with van der Waals surface area (Å²) >= 11 is 0. The van der Waals surface area contributed by atoms with Gasteiger partial charge >= 0.3 is 5.97 Å². The minimum atomic E-state index is -1.52. The molecule has 0 unspecified atom stereocenters. The predicted octanol–water partition coefficient (Wildman–Crippen LogP) is 3.06. The molecule has 32 heavy (non-hydrogen) atoms. The van der Waals surface area contributed by atoms with E-state index in [9.17, 15) is 14.7 Å². The Kier molecular flexibility index (Phi) is 5.12. The first-order chi connectivity index (χ1) is 15.2. The fraction of sp³-hybridized carbons (Fsp3) is 0.760. The molecule has 0 amide bonds. The highest BCUT2D eigenvalue weighted by Gasteiger charge is 2.73. The molecule has 5 aliphatic rings. The lowest BCUT2D eigenvalue weighted by atomic mass is 9.45. The number of hydrogen-bond donors (Lipinski definition) is 1. The molecule has 0 aromatic carbocycles. The average molecular weight is 447 g/mol. The van der Waals surface area contributed by atoms with Crippen molar-refractivity contribution in [2.45, 2.75) is 76.8 Å². The van der Waals surface area contributed by atoms with Gasteiger partial charge in [-0.3, -0.25) is 9.59 Å². The van der Waals surface area contributed by atoms with Crippen LogP contribution in [0.5, 0.6) is 0 Å². The molecule has 7 nitrogen and oxygen atoms in total. The van der Waals surface area contributed by atoms with Crippen molar-refractivity contribution >= 4 is 11.8 Å². The highest BCUT2D eigenvalue weighted by molar-refractivity contribution is 5.89. The third kappa shape index (κ3) is 2.90. The van der Waals surface area contributed by atoms with Gasteiger partial charge in [-0.05, 0) is 38.2 Å². The predicted molar refractivity (Wildman–Crippen MR) is 114 cm³/mol. The molecular weight excluding hydrogens is 412 g/mol. The number of fused-ring (bicyclic) bond motifs is 6. The Morgan fingerprint density at radius 3 is 2.75 bits per heavy atom. The van der Waals surface area contributed by atoms with Crippen molar-refractivity contribution in [3.63, 3.8) is 0 Å². The van der Waals surface area contributed by atoms with E-state index < -0.39 is 22.8 Å². The van der Waals surface area contributed by atoms with E-state index in [1.165, 1.54) is 18.8 Å². The summed E-state index contributed by atoms with van der Waals surface area (Å²) in [6, 6.07) is 0. The second kappa shape index (κ2) is 7.40. The minimum Gasteiger partial charge on any atom is -0.502 e. The average Bonchev–Trinajstić information content (AvgIpc) is 3.31. The Bertz CT molecular complexity index is 872. The molecule has 0 aromatic heterocycles. The number of rotatable bonds is 5. The lowest BCUT2D eigenvalue weighted by Crippen LogP contribution is -2.64. The molecule has 0 radical (unpaired) electrons. The van der Waals surface area contributed by atoms with Gasteiger partial charge in [-0.1, -0.05) is 18.6 Å². The van der Waals surface area contributed by atoms with Crippen molar-refractivity contribution in [2.24, 2.45) is 22.7 Å². The molecule has 176 valence electrons. The number of hydrogen-bond acceptors (Lipinski definition) is 7. The van der Waals surface area contributed by atoms with Gasteiger partial charge in [-0.2, -0.15) is 0 Å². The summed E-state index contributed by atoms with van der Waals surface area (Å²) in [6.45, 7) is 7.25. The van der Waals surface area contributed by atoms with Crippen LogP contribution in [-0.2, 0) is 28.5 Å². The number of Topliss-reactive ketones (excluding diaryl/α,β-unsaturated/α-hetero) is 1. The van der Waals surface area contributed by atoms with E-state index in [2.05, 4.69) is 13.0 Å². The Labute approximate surface area is 189 Å². The van der Waals surface area contributed by atoms with Crippen molar-refractivity contribution in [1.29, 1.82) is 0 Å². The molecule has 3 aliphatic carbocycles. The van der Waals surface area contributed by atoms with Crippen LogP contribution in [0.15, 0.2) is 24.0 Å². The summed E-state index contributed by atoms with van der Waals surface area (Å²) in [7, 11) is 0. The number of aliphatic hydroxyl groups is 1. The fourth-order valence-electron chi connectivity index (χ4n) is 7.45. The summed E-state index contributed by atoms with van der Waals surface area (Å²) in [6.07, 6.45) is 8.24. The van der Waals surface area contributed by atoms with Crippen LogP contribution >= 0.6 is 0 Å². The molecule has 5 rings (SSSR count). The number of ether oxygens (including phenoxy) is 4. The zero-order chi connectivity index (χ0) is 22.8. The molecular formula is C25H34O7. The molecule has 7 heteroatoms. The number of allylic oxidation sites excluding steroid dienone is 1. The Balaban J connectivity index is 1.58. The van der Waals surface area contributed by atoms with Crippen LogP contribution in [0.25, 0.3) is 0 Å². The molecule has 2 aliphatic heterocycles. The second-order valence-electron chi connectivity index (χ2n) is 10.5. The SMILES string of the molecule is CCO/C=C/[C@]1(O)[C@@H]2CC=C3CC4(CC[C@]3(C)[C@@H]2[C@@H]2C[C@]1(CC(C)=O)C(=O)O2)OCCO4. The monoisotopic (exact) mass is 446 g/mol. The van der Waals surface area contributed by atoms with Crippen molar-refractivity contribution in [3.8, 4) is 0 Å². The maximum Gasteiger partial charge on any atom is 0.316 e. The Morgan fingerprint density at radius 1 is 1.31 bits per heavy atom. The van der Waals surface area contributed by atoms with Crippen LogP contribution < -0.4 is 0 Å². The van der Waals surface area contributed by atoms with E-state index in [0.717, 1.165) is 12.8 Å². The molecule has 2 heterocycles. The van der Waals surface area contributed by atoms with E-state index in [1.54, 1.807) is 6.08 Å². The van der Waals surface area contributed by atoms with Gasteiger partial charge in [0.15, 0.2) is 5.79 Å². The lowest BCUT2D eigenvalue weighted by molar-refractivity contribution is -0.197. The largest absolute Gasteiger partial charge is 0.502 e. The van der Waals surface area contributed by atoms with E-state index in [4.69, 9.17) is 18.9 Å². The third-order valence-corrected chi connectivity index (χ3v) is 8.89. The number of carbonyl (C=O) groups is 2. The van der Waals surface area contributed by atoms with Gasteiger partial charge in [0.05, 0.1) is 26.1 Å². The van der Waals surface area contributed by atoms with Crippen molar-refractivity contribution in [1.82, 2.24) is 0 Å². The summed E-state index contributed by atoms with van der Waals surface area (Å²) < 4.78 is 23.4. The van der Waals surface area contributed by atoms with Crippen molar-refractivity contribution in [3.05, 3.63) is 24.0 Å². The van der Waals surface area contributed by atoms with Crippen LogP contribution in [0.3, 0.4) is 0 Å². The molecule has 1 N–H and O–H groups in total. The molecule has 0 aromatic rings. The summed E-state index contributed by atoms with van der Waals surface area (Å²) in [5, 5.41) is 12.3. The van der Waals surface area contributed by atoms with Crippen molar-refractivity contribution in [2.75, 3.05) is 19.8 Å². The lowest BCUT2D eigenvalue weighted by Gasteiger charge is -2.59. The van der Waals surface area contributed by atoms with Crippen LogP contribution in [0.4, 0.5) is 0 Å². The normalized spacial score (nSPS) is 44.2. The summed E-state index contributed by atoms with van der Waals surface area (Å²) in [5.74, 6) is -1.43. The van der Waals surface area contributed by atoms with E-state index in [1.807, 2.05) is 6.92 Å². The second-order valence-corrected chi connectivity index (χ2v) is 10.5. The highest BCUT2D eigenvalue weighted by atomic mass is 16.7. The number of esters is 1. The maximum absolute atomic E-state index is 13.3. The summed E-state index contributed by atoms with van der Waals surface area (Å²) in [5.41, 5.74) is -1.77. The minimum absolute atomic E-state index is 0.0312. The van der Waals surface area contributed by atoms with Crippen molar-refractivity contribution < 1.29 is 33.6 Å². The topological polar surface area (TPSA) is 91.3 Å². The Morgan fingerprint density at radius 2 is 2.06 bits per heavy atom. The van der Waals surface area contributed by atoms with Gasteiger partial charge in [0.2, 0.25) is 0 Å². The smallest absolute Gasteiger partial charge is 0.316 e. The quantitative estimate of drug-likeness (QED) is 0.394. The van der Waals surface area contributed by atoms with Gasteiger partial charge in [0.1, 0.15) is 22.9 Å². The molecule has 2 saturated heterocycles. The number of ketones is 1. The van der Waals surface area contributed by atoms with Crippen LogP contribution in [0.2, 0.25) is 0 Å². The van der Waals surface area contributed by atoms with E-state index >= 15 is 0 Å². The molecule has 1 spiro atoms. The molecule has 2 bridgehead atoms. The van der Waals surface area contributed by atoms with Crippen LogP contribution in [0, 0.1) is 22.7 Å². The number of carbonyl (C=O) groups excluding carboxylic acids is 2. The van der Waals surface area contributed by atoms with Gasteiger partial charge in [0, 0.05) is 37.5 Å². The van der Waals surface area contributed by atoms with Gasteiger partial charge in [0.25, 0.3) is 0 Å². The van der Waals surface area contributed by atoms with E-state index in [0.29, 0.717) is 39.1 Å². The zero-order valence-corrected chi connectivity index (χ0v) is 19.2. The first-order valence-corrected chi connectivity index (χ1v) is 11.9. The third-order valence-electron chi connectivity index (χ3n) is 8.89. The molecule has 2 saturated carbocycles. The first kappa shape index (κ1) is 22.1. The first-order valence-electron chi connectivity index (χ1n) is 11.9. The van der Waals surface area contributed by atoms with Crippen LogP contribution in [0.1, 0.15) is 59.3 Å². The van der Waals surface area contributed by atoms with Crippen LogP contribution in [-0.4, -0.2) is 54.2 Å². The fourth-order valence-corrected chi connectivity index (χ4v) is 7.45. The highest BCUT2D eigenvalue weighted by Crippen LogP contribution is 2.67. The van der Waals surface area contributed by atoms with Gasteiger partial charge in [-0.15, -0.1) is 0 Å². The van der Waals surface area contributed by atoms with Gasteiger partial charge < -0.3 is 24.1 Å². The van der Waals surface area contributed by atoms with E-state index in [-0.39, 0.29) is 35.6 Å². The maximum atomic E-state index is 13.3. The Hall–Kier alpha value is -1.70. The summed E-state index contributed by atoms with van der Waals surface area (Å²) in [4.78, 5) is 25.5.